The summed E-state index contributed by atoms with van der Waals surface area (Å²) in [4.78, 5) is 24.8. The van der Waals surface area contributed by atoms with Gasteiger partial charge in [-0.1, -0.05) is 26.0 Å². The van der Waals surface area contributed by atoms with Crippen molar-refractivity contribution in [3.05, 3.63) is 57.5 Å². The maximum atomic E-state index is 13.3. The quantitative estimate of drug-likeness (QED) is 0.786. The lowest BCUT2D eigenvalue weighted by Gasteiger charge is -2.19. The van der Waals surface area contributed by atoms with Crippen molar-refractivity contribution in [2.75, 3.05) is 6.54 Å². The molecule has 0 spiro atoms. The molecule has 0 fully saturated rings. The highest BCUT2D eigenvalue weighted by Crippen LogP contribution is 2.33. The zero-order chi connectivity index (χ0) is 21.1. The fraction of sp³-hybridized carbons (Fsp3) is 0.421. The highest BCUT2D eigenvalue weighted by atomic mass is 19.4. The van der Waals surface area contributed by atoms with Gasteiger partial charge in [0.15, 0.2) is 5.69 Å². The Kier molecular flexibility index (Phi) is 6.60. The average molecular weight is 396 g/mol. The standard InChI is InChI=1S/C19H23F3N4O2/c1-11(2)8-13(10-23)24-18(28)17-16(27)9-12(3)26(25-17)15-7-5-4-6-14(15)19(20,21)22/h4-7,9,11,13H,8,10,23H2,1-3H3,(H,24,28). The molecule has 6 nitrogen and oxygen atoms in total. The van der Waals surface area contributed by atoms with E-state index in [2.05, 4.69) is 10.4 Å². The van der Waals surface area contributed by atoms with Crippen LogP contribution in [0.15, 0.2) is 35.1 Å². The largest absolute Gasteiger partial charge is 0.418 e. The number of nitrogens with two attached hydrogens (primary N) is 1. The van der Waals surface area contributed by atoms with Gasteiger partial charge >= 0.3 is 6.18 Å². The summed E-state index contributed by atoms with van der Waals surface area (Å²) in [6, 6.07) is 5.56. The molecular weight excluding hydrogens is 373 g/mol. The first-order valence-corrected chi connectivity index (χ1v) is 8.83. The number of benzene rings is 1. The summed E-state index contributed by atoms with van der Waals surface area (Å²) >= 11 is 0. The number of aromatic nitrogens is 2. The third kappa shape index (κ3) is 4.98. The van der Waals surface area contributed by atoms with Crippen molar-refractivity contribution in [3.8, 4) is 5.69 Å². The molecule has 28 heavy (non-hydrogen) atoms. The lowest BCUT2D eigenvalue weighted by molar-refractivity contribution is -0.137. The van der Waals surface area contributed by atoms with Gasteiger partial charge in [0.1, 0.15) is 0 Å². The minimum atomic E-state index is -4.61. The predicted octanol–water partition coefficient (Wildman–Crippen LogP) is 2.66. The molecule has 1 aromatic heterocycles. The fourth-order valence-corrected chi connectivity index (χ4v) is 2.88. The highest BCUT2D eigenvalue weighted by molar-refractivity contribution is 5.92. The molecule has 0 aliphatic rings. The molecule has 0 aliphatic heterocycles. The molecule has 1 heterocycles. The van der Waals surface area contributed by atoms with Crippen LogP contribution in [0, 0.1) is 12.8 Å². The van der Waals surface area contributed by atoms with Gasteiger partial charge in [0, 0.05) is 24.3 Å². The van der Waals surface area contributed by atoms with Crippen molar-refractivity contribution < 1.29 is 18.0 Å². The maximum Gasteiger partial charge on any atom is 0.418 e. The maximum absolute atomic E-state index is 13.3. The van der Waals surface area contributed by atoms with Crippen molar-refractivity contribution >= 4 is 5.91 Å². The Morgan fingerprint density at radius 3 is 2.50 bits per heavy atom. The first-order chi connectivity index (χ1) is 13.0. The van der Waals surface area contributed by atoms with Crippen LogP contribution in [0.25, 0.3) is 5.69 Å². The molecule has 0 bridgehead atoms. The normalized spacial score (nSPS) is 12.9. The second-order valence-electron chi connectivity index (χ2n) is 6.96. The van der Waals surface area contributed by atoms with Crippen molar-refractivity contribution in [3.63, 3.8) is 0 Å². The van der Waals surface area contributed by atoms with Crippen LogP contribution in [0.1, 0.15) is 42.0 Å². The van der Waals surface area contributed by atoms with E-state index >= 15 is 0 Å². The van der Waals surface area contributed by atoms with Crippen LogP contribution in [0.5, 0.6) is 0 Å². The van der Waals surface area contributed by atoms with Crippen molar-refractivity contribution in [1.29, 1.82) is 0 Å². The first-order valence-electron chi connectivity index (χ1n) is 8.83. The number of carbonyl (C=O) groups excluding carboxylic acids is 1. The van der Waals surface area contributed by atoms with Crippen LogP contribution in [-0.2, 0) is 6.18 Å². The Morgan fingerprint density at radius 2 is 1.93 bits per heavy atom. The lowest BCUT2D eigenvalue weighted by Crippen LogP contribution is -2.43. The Hall–Kier alpha value is -2.68. The summed E-state index contributed by atoms with van der Waals surface area (Å²) in [5.41, 5.74) is 3.50. The summed E-state index contributed by atoms with van der Waals surface area (Å²) < 4.78 is 41.0. The van der Waals surface area contributed by atoms with Crippen molar-refractivity contribution in [2.24, 2.45) is 11.7 Å². The molecule has 2 rings (SSSR count). The zero-order valence-corrected chi connectivity index (χ0v) is 15.9. The zero-order valence-electron chi connectivity index (χ0n) is 15.9. The number of alkyl halides is 3. The minimum Gasteiger partial charge on any atom is -0.347 e. The number of aryl methyl sites for hydroxylation is 1. The van der Waals surface area contributed by atoms with Gasteiger partial charge in [0.2, 0.25) is 5.43 Å². The molecular formula is C19H23F3N4O2. The van der Waals surface area contributed by atoms with Gasteiger partial charge in [-0.2, -0.15) is 18.3 Å². The topological polar surface area (TPSA) is 90.0 Å². The van der Waals surface area contributed by atoms with E-state index in [1.165, 1.54) is 25.1 Å². The van der Waals surface area contributed by atoms with Crippen molar-refractivity contribution in [2.45, 2.75) is 39.4 Å². The van der Waals surface area contributed by atoms with E-state index in [0.717, 1.165) is 16.8 Å². The molecule has 1 atom stereocenters. The van der Waals surface area contributed by atoms with Crippen molar-refractivity contribution in [1.82, 2.24) is 15.1 Å². The molecule has 0 radical (unpaired) electrons. The molecule has 1 aromatic carbocycles. The van der Waals surface area contributed by atoms with Crippen LogP contribution in [0.4, 0.5) is 13.2 Å². The smallest absolute Gasteiger partial charge is 0.347 e. The lowest BCUT2D eigenvalue weighted by atomic mass is 10.0. The molecule has 152 valence electrons. The average Bonchev–Trinajstić information content (AvgIpc) is 2.60. The third-order valence-electron chi connectivity index (χ3n) is 4.14. The van der Waals surface area contributed by atoms with E-state index in [-0.39, 0.29) is 29.9 Å². The molecule has 9 heteroatoms. The number of para-hydroxylation sites is 1. The molecule has 1 amide bonds. The molecule has 2 aromatic rings. The second kappa shape index (κ2) is 8.55. The van der Waals surface area contributed by atoms with Gasteiger partial charge in [0.25, 0.3) is 5.91 Å². The van der Waals surface area contributed by atoms with E-state index in [4.69, 9.17) is 5.73 Å². The number of hydrogen-bond donors (Lipinski definition) is 2. The Labute approximate surface area is 160 Å². The summed E-state index contributed by atoms with van der Waals surface area (Å²) in [6.45, 7) is 5.53. The summed E-state index contributed by atoms with van der Waals surface area (Å²) in [7, 11) is 0. The van der Waals surface area contributed by atoms with Crippen LogP contribution in [0.3, 0.4) is 0 Å². The number of halogens is 3. The van der Waals surface area contributed by atoms with E-state index in [1.54, 1.807) is 0 Å². The second-order valence-corrected chi connectivity index (χ2v) is 6.96. The number of amides is 1. The van der Waals surface area contributed by atoms with Crippen LogP contribution in [0.2, 0.25) is 0 Å². The van der Waals surface area contributed by atoms with Gasteiger partial charge in [-0.25, -0.2) is 4.68 Å². The third-order valence-corrected chi connectivity index (χ3v) is 4.14. The SMILES string of the molecule is Cc1cc(=O)c(C(=O)NC(CN)CC(C)C)nn1-c1ccccc1C(F)(F)F. The van der Waals surface area contributed by atoms with E-state index in [0.29, 0.717) is 6.42 Å². The summed E-state index contributed by atoms with van der Waals surface area (Å²) in [5, 5.41) is 6.57. The molecule has 1 unspecified atom stereocenters. The highest BCUT2D eigenvalue weighted by Gasteiger charge is 2.34. The Balaban J connectivity index is 2.49. The summed E-state index contributed by atoms with van der Waals surface area (Å²) in [6.07, 6.45) is -4.02. The van der Waals surface area contributed by atoms with Crippen LogP contribution >= 0.6 is 0 Å². The Morgan fingerprint density at radius 1 is 1.29 bits per heavy atom. The number of nitrogens with zero attached hydrogens (tertiary/aromatic N) is 2. The minimum absolute atomic E-state index is 0.168. The van der Waals surface area contributed by atoms with Gasteiger partial charge in [-0.3, -0.25) is 9.59 Å². The van der Waals surface area contributed by atoms with Gasteiger partial charge in [-0.05, 0) is 31.4 Å². The molecule has 0 aliphatic carbocycles. The van der Waals surface area contributed by atoms with Gasteiger partial charge < -0.3 is 11.1 Å². The number of carbonyl (C=O) groups is 1. The molecule has 0 saturated carbocycles. The summed E-state index contributed by atoms with van der Waals surface area (Å²) in [5.74, 6) is -0.505. The van der Waals surface area contributed by atoms with Gasteiger partial charge in [0.05, 0.1) is 11.3 Å². The van der Waals surface area contributed by atoms with E-state index in [9.17, 15) is 22.8 Å². The predicted molar refractivity (Wildman–Crippen MR) is 99.3 cm³/mol. The molecule has 0 saturated heterocycles. The van der Waals surface area contributed by atoms with E-state index < -0.39 is 28.8 Å². The first kappa shape index (κ1) is 21.6. The van der Waals surface area contributed by atoms with Crippen LogP contribution in [-0.4, -0.2) is 28.3 Å². The van der Waals surface area contributed by atoms with E-state index in [1.807, 2.05) is 13.8 Å². The molecule has 3 N–H and O–H groups in total. The fourth-order valence-electron chi connectivity index (χ4n) is 2.88. The Bertz CT molecular complexity index is 907. The number of nitrogens with one attached hydrogen (secondary N) is 1. The number of hydrogen-bond acceptors (Lipinski definition) is 4. The van der Waals surface area contributed by atoms with Crippen LogP contribution < -0.4 is 16.5 Å². The van der Waals surface area contributed by atoms with Gasteiger partial charge in [-0.15, -0.1) is 0 Å². The number of rotatable bonds is 6. The monoisotopic (exact) mass is 396 g/mol.